The Balaban J connectivity index is 2.50. The van der Waals surface area contributed by atoms with Gasteiger partial charge in [-0.25, -0.2) is 0 Å². The number of nitrogens with two attached hydrogens (primary N) is 2. The second-order valence-corrected chi connectivity index (χ2v) is 4.33. The van der Waals surface area contributed by atoms with Crippen molar-refractivity contribution in [1.29, 1.82) is 5.26 Å². The fraction of sp³-hybridized carbons (Fsp3) is 0.583. The number of piperazine rings is 1. The van der Waals surface area contributed by atoms with E-state index in [2.05, 4.69) is 15.9 Å². The van der Waals surface area contributed by atoms with Gasteiger partial charge in [-0.1, -0.05) is 0 Å². The Morgan fingerprint density at radius 3 is 2.29 bits per heavy atom. The largest absolute Gasteiger partial charge is 0.402 e. The Labute approximate surface area is 103 Å². The van der Waals surface area contributed by atoms with Crippen molar-refractivity contribution >= 4 is 0 Å². The molecule has 1 rings (SSSR count). The molecule has 1 unspecified atom stereocenters. The summed E-state index contributed by atoms with van der Waals surface area (Å²) in [7, 11) is 0. The summed E-state index contributed by atoms with van der Waals surface area (Å²) in [5.74, 6) is 0.735. The van der Waals surface area contributed by atoms with Crippen molar-refractivity contribution in [3.8, 4) is 6.07 Å². The van der Waals surface area contributed by atoms with Gasteiger partial charge in [-0.2, -0.15) is 5.26 Å². The molecule has 94 valence electrons. The zero-order valence-corrected chi connectivity index (χ0v) is 10.6. The standard InChI is InChI=1S/C12H21N5/c1-10(14)3-4-12(15)17-7-5-16(6-8-17)11(2)9-13/h3-4,11H,5-8,14-15H2,1-2H3/b10-3-,12-4+. The van der Waals surface area contributed by atoms with Crippen molar-refractivity contribution < 1.29 is 0 Å². The molecule has 1 heterocycles. The molecule has 17 heavy (non-hydrogen) atoms. The fourth-order valence-electron chi connectivity index (χ4n) is 1.77. The molecular formula is C12H21N5. The number of hydrogen-bond donors (Lipinski definition) is 2. The molecule has 0 amide bonds. The lowest BCUT2D eigenvalue weighted by Gasteiger charge is -2.37. The molecule has 1 fully saturated rings. The minimum absolute atomic E-state index is 0.0199. The Morgan fingerprint density at radius 2 is 1.82 bits per heavy atom. The van der Waals surface area contributed by atoms with Crippen LogP contribution in [0.5, 0.6) is 0 Å². The molecule has 5 nitrogen and oxygen atoms in total. The Kier molecular flexibility index (Phi) is 4.85. The number of rotatable bonds is 3. The van der Waals surface area contributed by atoms with E-state index >= 15 is 0 Å². The number of nitrogens with zero attached hydrogens (tertiary/aromatic N) is 3. The quantitative estimate of drug-likeness (QED) is 0.682. The summed E-state index contributed by atoms with van der Waals surface area (Å²) in [4.78, 5) is 4.27. The molecule has 0 radical (unpaired) electrons. The SMILES string of the molecule is C/C(N)=C/C=C(\N)N1CCN(C(C)C#N)CC1. The van der Waals surface area contributed by atoms with Gasteiger partial charge in [0, 0.05) is 31.9 Å². The molecule has 0 aromatic heterocycles. The monoisotopic (exact) mass is 235 g/mol. The maximum Gasteiger partial charge on any atom is 0.0987 e. The van der Waals surface area contributed by atoms with Crippen molar-refractivity contribution in [3.05, 3.63) is 23.7 Å². The average Bonchev–Trinajstić information content (AvgIpc) is 2.35. The van der Waals surface area contributed by atoms with E-state index in [1.165, 1.54) is 0 Å². The molecule has 1 aliphatic rings. The van der Waals surface area contributed by atoms with E-state index < -0.39 is 0 Å². The molecule has 0 aliphatic carbocycles. The molecule has 1 saturated heterocycles. The number of allylic oxidation sites excluding steroid dienone is 3. The highest BCUT2D eigenvalue weighted by atomic mass is 15.3. The van der Waals surface area contributed by atoms with Crippen molar-refractivity contribution in [2.75, 3.05) is 26.2 Å². The highest BCUT2D eigenvalue weighted by Crippen LogP contribution is 2.08. The number of hydrogen-bond acceptors (Lipinski definition) is 5. The molecular weight excluding hydrogens is 214 g/mol. The predicted octanol–water partition coefficient (Wildman–Crippen LogP) is 0.179. The van der Waals surface area contributed by atoms with Crippen LogP contribution in [0.4, 0.5) is 0 Å². The molecule has 1 aliphatic heterocycles. The first-order valence-electron chi connectivity index (χ1n) is 5.82. The van der Waals surface area contributed by atoms with Gasteiger partial charge in [-0.3, -0.25) is 4.90 Å². The summed E-state index contributed by atoms with van der Waals surface area (Å²) in [5.41, 5.74) is 12.2. The lowest BCUT2D eigenvalue weighted by atomic mass is 10.2. The highest BCUT2D eigenvalue weighted by Gasteiger charge is 2.20. The van der Waals surface area contributed by atoms with E-state index in [1.807, 2.05) is 19.9 Å². The summed E-state index contributed by atoms with van der Waals surface area (Å²) >= 11 is 0. The van der Waals surface area contributed by atoms with Crippen LogP contribution in [0.25, 0.3) is 0 Å². The molecule has 1 atom stereocenters. The summed E-state index contributed by atoms with van der Waals surface area (Å²) in [6.45, 7) is 7.20. The van der Waals surface area contributed by atoms with Gasteiger partial charge in [-0.15, -0.1) is 0 Å². The summed E-state index contributed by atoms with van der Waals surface area (Å²) < 4.78 is 0. The molecule has 0 aromatic carbocycles. The fourth-order valence-corrected chi connectivity index (χ4v) is 1.77. The van der Waals surface area contributed by atoms with E-state index in [1.54, 1.807) is 6.08 Å². The number of nitriles is 1. The van der Waals surface area contributed by atoms with E-state index in [0.717, 1.165) is 37.7 Å². The van der Waals surface area contributed by atoms with Gasteiger partial charge in [0.15, 0.2) is 0 Å². The van der Waals surface area contributed by atoms with Gasteiger partial charge in [0.05, 0.1) is 17.9 Å². The van der Waals surface area contributed by atoms with Crippen molar-refractivity contribution in [2.45, 2.75) is 19.9 Å². The van der Waals surface area contributed by atoms with Gasteiger partial charge in [0.1, 0.15) is 0 Å². The van der Waals surface area contributed by atoms with Gasteiger partial charge in [-0.05, 0) is 26.0 Å². The normalized spacial score (nSPS) is 21.1. The topological polar surface area (TPSA) is 82.3 Å². The van der Waals surface area contributed by atoms with Crippen LogP contribution in [0.3, 0.4) is 0 Å². The second kappa shape index (κ2) is 6.16. The van der Waals surface area contributed by atoms with Gasteiger partial charge < -0.3 is 16.4 Å². The summed E-state index contributed by atoms with van der Waals surface area (Å²) in [5, 5.41) is 8.84. The average molecular weight is 235 g/mol. The Morgan fingerprint density at radius 1 is 1.24 bits per heavy atom. The van der Waals surface area contributed by atoms with E-state index in [9.17, 15) is 0 Å². The smallest absolute Gasteiger partial charge is 0.0987 e. The maximum atomic E-state index is 8.84. The lowest BCUT2D eigenvalue weighted by molar-refractivity contribution is 0.142. The molecule has 0 spiro atoms. The third-order valence-corrected chi connectivity index (χ3v) is 2.93. The van der Waals surface area contributed by atoms with Crippen LogP contribution >= 0.6 is 0 Å². The molecule has 0 aromatic rings. The van der Waals surface area contributed by atoms with Crippen LogP contribution in [-0.4, -0.2) is 42.0 Å². The zero-order valence-electron chi connectivity index (χ0n) is 10.6. The Hall–Kier alpha value is -1.67. The first kappa shape index (κ1) is 13.4. The molecule has 5 heteroatoms. The third kappa shape index (κ3) is 4.00. The van der Waals surface area contributed by atoms with Crippen LogP contribution in [0.15, 0.2) is 23.7 Å². The second-order valence-electron chi connectivity index (χ2n) is 4.33. The third-order valence-electron chi connectivity index (χ3n) is 2.93. The van der Waals surface area contributed by atoms with Crippen LogP contribution in [0, 0.1) is 11.3 Å². The minimum Gasteiger partial charge on any atom is -0.402 e. The molecule has 0 saturated carbocycles. The van der Waals surface area contributed by atoms with Crippen LogP contribution in [0.1, 0.15) is 13.8 Å². The predicted molar refractivity (Wildman–Crippen MR) is 68.4 cm³/mol. The van der Waals surface area contributed by atoms with Crippen LogP contribution < -0.4 is 11.5 Å². The zero-order chi connectivity index (χ0) is 12.8. The first-order chi connectivity index (χ1) is 8.04. The van der Waals surface area contributed by atoms with Gasteiger partial charge in [0.25, 0.3) is 0 Å². The molecule has 0 bridgehead atoms. The van der Waals surface area contributed by atoms with Gasteiger partial charge >= 0.3 is 0 Å². The highest BCUT2D eigenvalue weighted by molar-refractivity contribution is 5.13. The van der Waals surface area contributed by atoms with E-state index in [4.69, 9.17) is 16.7 Å². The van der Waals surface area contributed by atoms with Crippen molar-refractivity contribution in [3.63, 3.8) is 0 Å². The first-order valence-corrected chi connectivity index (χ1v) is 5.82. The van der Waals surface area contributed by atoms with E-state index in [-0.39, 0.29) is 6.04 Å². The lowest BCUT2D eigenvalue weighted by Crippen LogP contribution is -2.49. The Bertz CT molecular complexity index is 340. The molecule has 4 N–H and O–H groups in total. The van der Waals surface area contributed by atoms with Crippen LogP contribution in [0.2, 0.25) is 0 Å². The summed E-state index contributed by atoms with van der Waals surface area (Å²) in [6.07, 6.45) is 3.64. The van der Waals surface area contributed by atoms with E-state index in [0.29, 0.717) is 0 Å². The van der Waals surface area contributed by atoms with Gasteiger partial charge in [0.2, 0.25) is 0 Å². The summed E-state index contributed by atoms with van der Waals surface area (Å²) in [6, 6.07) is 2.23. The van der Waals surface area contributed by atoms with Crippen molar-refractivity contribution in [2.24, 2.45) is 11.5 Å². The van der Waals surface area contributed by atoms with Crippen LogP contribution in [-0.2, 0) is 0 Å². The van der Waals surface area contributed by atoms with Crippen molar-refractivity contribution in [1.82, 2.24) is 9.80 Å². The maximum absolute atomic E-state index is 8.84. The minimum atomic E-state index is -0.0199.